The van der Waals surface area contributed by atoms with E-state index in [1.54, 1.807) is 0 Å². The van der Waals surface area contributed by atoms with Gasteiger partial charge >= 0.3 is 0 Å². The van der Waals surface area contributed by atoms with Gasteiger partial charge in [-0.05, 0) is 50.2 Å². The Bertz CT molecular complexity index is 1890. The lowest BCUT2D eigenvalue weighted by atomic mass is 9.82. The lowest BCUT2D eigenvalue weighted by Gasteiger charge is -2.47. The van der Waals surface area contributed by atoms with Crippen LogP contribution in [0.2, 0.25) is 10.1 Å². The minimum Gasteiger partial charge on any atom is -0.487 e. The van der Waals surface area contributed by atoms with Gasteiger partial charge in [0.15, 0.2) is 0 Å². The van der Waals surface area contributed by atoms with Crippen molar-refractivity contribution in [1.82, 2.24) is 0 Å². The van der Waals surface area contributed by atoms with E-state index in [0.717, 1.165) is 34.2 Å². The molecule has 53 heavy (non-hydrogen) atoms. The Morgan fingerprint density at radius 2 is 1.23 bits per heavy atom. The maximum atomic E-state index is 7.40. The van der Waals surface area contributed by atoms with Crippen molar-refractivity contribution < 1.29 is 23.4 Å². The van der Waals surface area contributed by atoms with E-state index in [-0.39, 0.29) is 29.3 Å². The number of halogens is 1. The first-order valence-corrected chi connectivity index (χ1v) is 21.2. The molecule has 7 heteroatoms. The molecular weight excluding hydrogens is 696 g/mol. The Hall–Kier alpha value is -3.75. The molecule has 5 atom stereocenters. The molecule has 0 radical (unpaired) electrons. The highest BCUT2D eigenvalue weighted by molar-refractivity contribution is 6.99. The minimum absolute atomic E-state index is 0.0264. The van der Waals surface area contributed by atoms with Crippen molar-refractivity contribution in [3.8, 4) is 5.75 Å². The van der Waals surface area contributed by atoms with E-state index < -0.39 is 14.4 Å². The van der Waals surface area contributed by atoms with Crippen molar-refractivity contribution in [2.24, 2.45) is 5.92 Å². The van der Waals surface area contributed by atoms with Gasteiger partial charge in [-0.25, -0.2) is 0 Å². The maximum absolute atomic E-state index is 7.40. The predicted molar refractivity (Wildman–Crippen MR) is 215 cm³/mol. The second kappa shape index (κ2) is 16.3. The molecule has 7 rings (SSSR count). The molecule has 1 fully saturated rings. The van der Waals surface area contributed by atoms with Gasteiger partial charge in [0.1, 0.15) is 24.6 Å². The van der Waals surface area contributed by atoms with Gasteiger partial charge < -0.3 is 23.4 Å². The van der Waals surface area contributed by atoms with Crippen LogP contribution in [0.1, 0.15) is 75.0 Å². The van der Waals surface area contributed by atoms with Gasteiger partial charge in [0.05, 0.1) is 37.1 Å². The van der Waals surface area contributed by atoms with Crippen LogP contribution in [-0.2, 0) is 45.1 Å². The summed E-state index contributed by atoms with van der Waals surface area (Å²) < 4.78 is 34.4. The van der Waals surface area contributed by atoms with Crippen LogP contribution in [0.4, 0.5) is 0 Å². The smallest absolute Gasteiger partial charge is 0.261 e. The van der Waals surface area contributed by atoms with Crippen LogP contribution < -0.4 is 15.1 Å². The van der Waals surface area contributed by atoms with Gasteiger partial charge in [0.2, 0.25) is 0 Å². The zero-order valence-corrected chi connectivity index (χ0v) is 33.2. The van der Waals surface area contributed by atoms with Crippen LogP contribution in [-0.4, -0.2) is 26.6 Å². The molecule has 0 aromatic heterocycles. The SMILES string of the molecule is CC[C@H]1OC(c2cc(CO[Si](c3ccccc3)(c3ccccc3)C(C)(C)C)c(Cl)c3c2CO3)[C@H](OCc2ccccc2)[C@@H](OCc2ccccc2)[C@@H]1C. The summed E-state index contributed by atoms with van der Waals surface area (Å²) >= 11 is 7.21. The molecule has 2 aliphatic heterocycles. The van der Waals surface area contributed by atoms with E-state index in [9.17, 15) is 0 Å². The number of rotatable bonds is 13. The quantitative estimate of drug-likeness (QED) is 0.112. The summed E-state index contributed by atoms with van der Waals surface area (Å²) in [6, 6.07) is 44.3. The molecule has 0 saturated carbocycles. The fraction of sp³-hybridized carbons (Fsp3) is 0.348. The maximum Gasteiger partial charge on any atom is 0.261 e. The molecule has 0 bridgehead atoms. The molecule has 5 nitrogen and oxygen atoms in total. The zero-order chi connectivity index (χ0) is 37.0. The Morgan fingerprint density at radius 1 is 0.717 bits per heavy atom. The number of benzene rings is 5. The van der Waals surface area contributed by atoms with Crippen LogP contribution in [0.15, 0.2) is 127 Å². The second-order valence-corrected chi connectivity index (χ2v) is 20.1. The number of ether oxygens (including phenoxy) is 4. The highest BCUT2D eigenvalue weighted by atomic mass is 35.5. The average molecular weight is 747 g/mol. The Labute approximate surface area is 321 Å². The van der Waals surface area contributed by atoms with Crippen LogP contribution in [0.3, 0.4) is 0 Å². The number of fused-ring (bicyclic) bond motifs is 1. The normalized spacial score (nSPS) is 21.4. The summed E-state index contributed by atoms with van der Waals surface area (Å²) in [5, 5.41) is 2.86. The van der Waals surface area contributed by atoms with Crippen molar-refractivity contribution in [2.75, 3.05) is 0 Å². The molecule has 1 unspecified atom stereocenters. The first kappa shape index (κ1) is 37.6. The molecule has 276 valence electrons. The van der Waals surface area contributed by atoms with E-state index in [1.807, 2.05) is 24.3 Å². The zero-order valence-electron chi connectivity index (χ0n) is 31.5. The predicted octanol–water partition coefficient (Wildman–Crippen LogP) is 9.97. The summed E-state index contributed by atoms with van der Waals surface area (Å²) in [7, 11) is -2.84. The Kier molecular flexibility index (Phi) is 11.6. The molecular formula is C46H51ClO5Si. The number of hydrogen-bond donors (Lipinski definition) is 0. The lowest BCUT2D eigenvalue weighted by molar-refractivity contribution is -0.235. The van der Waals surface area contributed by atoms with Gasteiger partial charge in [-0.15, -0.1) is 0 Å². The van der Waals surface area contributed by atoms with Gasteiger partial charge in [-0.3, -0.25) is 0 Å². The molecule has 0 aliphatic carbocycles. The summed E-state index contributed by atoms with van der Waals surface area (Å²) in [6.45, 7) is 13.0. The number of hydrogen-bond acceptors (Lipinski definition) is 5. The third-order valence-electron chi connectivity index (χ3n) is 11.0. The monoisotopic (exact) mass is 746 g/mol. The molecule has 2 heterocycles. The fourth-order valence-electron chi connectivity index (χ4n) is 8.17. The van der Waals surface area contributed by atoms with Gasteiger partial charge in [0, 0.05) is 11.5 Å². The average Bonchev–Trinajstić information content (AvgIpc) is 3.16. The summed E-state index contributed by atoms with van der Waals surface area (Å²) in [5.74, 6) is 0.817. The molecule has 5 aromatic rings. The molecule has 1 saturated heterocycles. The van der Waals surface area contributed by atoms with Crippen LogP contribution in [0.25, 0.3) is 0 Å². The highest BCUT2D eigenvalue weighted by Gasteiger charge is 2.51. The third kappa shape index (κ3) is 7.64. The van der Waals surface area contributed by atoms with Gasteiger partial charge in [-0.2, -0.15) is 0 Å². The molecule has 0 N–H and O–H groups in total. The first-order valence-electron chi connectivity index (χ1n) is 18.9. The molecule has 0 amide bonds. The van der Waals surface area contributed by atoms with Crippen molar-refractivity contribution in [1.29, 1.82) is 0 Å². The minimum atomic E-state index is -2.84. The van der Waals surface area contributed by atoms with Crippen LogP contribution in [0, 0.1) is 5.92 Å². The van der Waals surface area contributed by atoms with Crippen LogP contribution >= 0.6 is 11.6 Å². The van der Waals surface area contributed by atoms with E-state index >= 15 is 0 Å². The van der Waals surface area contributed by atoms with Crippen molar-refractivity contribution in [2.45, 2.75) is 96.9 Å². The topological polar surface area (TPSA) is 46.2 Å². The van der Waals surface area contributed by atoms with Crippen molar-refractivity contribution in [3.05, 3.63) is 160 Å². The standard InChI is InChI=1S/C46H51ClO5Si/c1-6-40-32(2)42(48-28-33-19-11-7-12-20-33)45(49-29-34-21-13-8-14-22-34)44(52-40)38-27-35(41(47)43-39(38)31-50-43)30-51-53(46(3,4)5,36-23-15-9-16-24-36)37-25-17-10-18-26-37/h7-27,32,40,42,44-45H,6,28-31H2,1-5H3/t32-,40-,42+,44?,45-/m1/s1. The molecule has 0 spiro atoms. The lowest BCUT2D eigenvalue weighted by Crippen LogP contribution is -2.66. The van der Waals surface area contributed by atoms with E-state index in [0.29, 0.717) is 37.2 Å². The highest BCUT2D eigenvalue weighted by Crippen LogP contribution is 2.49. The van der Waals surface area contributed by atoms with Crippen molar-refractivity contribution in [3.63, 3.8) is 0 Å². The van der Waals surface area contributed by atoms with Gasteiger partial charge in [0.25, 0.3) is 8.32 Å². The summed E-state index contributed by atoms with van der Waals surface area (Å²) in [6.07, 6.45) is -0.173. The third-order valence-corrected chi connectivity index (χ3v) is 16.4. The van der Waals surface area contributed by atoms with Crippen molar-refractivity contribution >= 4 is 30.3 Å². The van der Waals surface area contributed by atoms with E-state index in [1.165, 1.54) is 10.4 Å². The Morgan fingerprint density at radius 3 is 1.70 bits per heavy atom. The summed E-state index contributed by atoms with van der Waals surface area (Å²) in [4.78, 5) is 0. The fourth-order valence-corrected chi connectivity index (χ4v) is 13.0. The largest absolute Gasteiger partial charge is 0.487 e. The van der Waals surface area contributed by atoms with E-state index in [4.69, 9.17) is 35.0 Å². The van der Waals surface area contributed by atoms with E-state index in [2.05, 4.69) is 138 Å². The van der Waals surface area contributed by atoms with Gasteiger partial charge in [-0.1, -0.05) is 168 Å². The Balaban J connectivity index is 1.28. The first-order chi connectivity index (χ1) is 25.7. The molecule has 2 aliphatic rings. The van der Waals surface area contributed by atoms with Crippen LogP contribution in [0.5, 0.6) is 5.75 Å². The summed E-state index contributed by atoms with van der Waals surface area (Å²) in [5.41, 5.74) is 5.21. The second-order valence-electron chi connectivity index (χ2n) is 15.4. The molecule has 5 aromatic carbocycles.